The van der Waals surface area contributed by atoms with Crippen molar-refractivity contribution in [2.45, 2.75) is 9.79 Å². The second kappa shape index (κ2) is 4.30. The third-order valence-corrected chi connectivity index (χ3v) is 4.60. The molecule has 0 fully saturated rings. The van der Waals surface area contributed by atoms with Crippen LogP contribution in [0.4, 0.5) is 0 Å². The van der Waals surface area contributed by atoms with Gasteiger partial charge in [-0.25, -0.2) is 26.7 Å². The SMILES string of the molecule is CNS(=O)(=O)c1cc(S(N)(=O)=O)ccc1Cl. The quantitative estimate of drug-likeness (QED) is 0.808. The first kappa shape index (κ1) is 13.4. The van der Waals surface area contributed by atoms with Crippen LogP contribution in [0.1, 0.15) is 0 Å². The van der Waals surface area contributed by atoms with E-state index in [2.05, 4.69) is 0 Å². The number of primary sulfonamides is 1. The lowest BCUT2D eigenvalue weighted by Gasteiger charge is -2.06. The van der Waals surface area contributed by atoms with Gasteiger partial charge in [-0.1, -0.05) is 11.6 Å². The van der Waals surface area contributed by atoms with Crippen molar-refractivity contribution >= 4 is 31.6 Å². The highest BCUT2D eigenvalue weighted by Crippen LogP contribution is 2.23. The number of nitrogens with two attached hydrogens (primary N) is 1. The van der Waals surface area contributed by atoms with Gasteiger partial charge in [0.25, 0.3) is 0 Å². The molecule has 0 atom stereocenters. The summed E-state index contributed by atoms with van der Waals surface area (Å²) in [5.74, 6) is 0. The van der Waals surface area contributed by atoms with Crippen molar-refractivity contribution in [3.05, 3.63) is 23.2 Å². The van der Waals surface area contributed by atoms with E-state index in [1.807, 2.05) is 4.72 Å². The fraction of sp³-hybridized carbons (Fsp3) is 0.143. The highest BCUT2D eigenvalue weighted by molar-refractivity contribution is 7.90. The van der Waals surface area contributed by atoms with Crippen LogP contribution < -0.4 is 9.86 Å². The molecule has 0 aliphatic rings. The van der Waals surface area contributed by atoms with Crippen LogP contribution in [0.5, 0.6) is 0 Å². The van der Waals surface area contributed by atoms with Crippen LogP contribution >= 0.6 is 11.6 Å². The van der Waals surface area contributed by atoms with Crippen LogP contribution in [0.15, 0.2) is 28.0 Å². The Labute approximate surface area is 98.5 Å². The van der Waals surface area contributed by atoms with Gasteiger partial charge in [-0.3, -0.25) is 0 Å². The van der Waals surface area contributed by atoms with E-state index in [1.54, 1.807) is 0 Å². The average Bonchev–Trinajstić information content (AvgIpc) is 2.16. The average molecular weight is 285 g/mol. The van der Waals surface area contributed by atoms with Crippen LogP contribution in [0.3, 0.4) is 0 Å². The number of hydrogen-bond acceptors (Lipinski definition) is 4. The maximum atomic E-state index is 11.5. The molecular weight excluding hydrogens is 276 g/mol. The number of benzene rings is 1. The molecule has 0 radical (unpaired) electrons. The largest absolute Gasteiger partial charge is 0.241 e. The first-order valence-electron chi connectivity index (χ1n) is 3.94. The second-order valence-corrected chi connectivity index (χ2v) is 6.67. The van der Waals surface area contributed by atoms with E-state index in [-0.39, 0.29) is 14.8 Å². The van der Waals surface area contributed by atoms with Crippen LogP contribution in [-0.2, 0) is 20.0 Å². The van der Waals surface area contributed by atoms with Gasteiger partial charge in [0.05, 0.1) is 9.92 Å². The highest BCUT2D eigenvalue weighted by Gasteiger charge is 2.19. The lowest BCUT2D eigenvalue weighted by molar-refractivity contribution is 0.588. The Hall–Kier alpha value is -0.670. The van der Waals surface area contributed by atoms with Crippen molar-refractivity contribution < 1.29 is 16.8 Å². The summed E-state index contributed by atoms with van der Waals surface area (Å²) in [5, 5.41) is 4.79. The van der Waals surface area contributed by atoms with Crippen LogP contribution in [-0.4, -0.2) is 23.9 Å². The van der Waals surface area contributed by atoms with Crippen molar-refractivity contribution in [1.29, 1.82) is 0 Å². The molecule has 16 heavy (non-hydrogen) atoms. The number of hydrogen-bond donors (Lipinski definition) is 2. The van der Waals surface area contributed by atoms with Crippen LogP contribution in [0.2, 0.25) is 5.02 Å². The van der Waals surface area contributed by atoms with Gasteiger partial charge in [-0.05, 0) is 25.2 Å². The molecule has 3 N–H and O–H groups in total. The van der Waals surface area contributed by atoms with E-state index >= 15 is 0 Å². The predicted octanol–water partition coefficient (Wildman–Crippen LogP) is -0.104. The summed E-state index contributed by atoms with van der Waals surface area (Å²) >= 11 is 5.65. The Morgan fingerprint density at radius 3 is 2.25 bits per heavy atom. The van der Waals surface area contributed by atoms with Gasteiger partial charge in [-0.2, -0.15) is 0 Å². The van der Waals surface area contributed by atoms with E-state index in [0.29, 0.717) is 0 Å². The maximum Gasteiger partial charge on any atom is 0.241 e. The van der Waals surface area contributed by atoms with Gasteiger partial charge in [0.1, 0.15) is 4.90 Å². The molecule has 0 saturated heterocycles. The minimum Gasteiger partial charge on any atom is -0.225 e. The summed E-state index contributed by atoms with van der Waals surface area (Å²) in [6, 6.07) is 3.20. The van der Waals surface area contributed by atoms with Gasteiger partial charge in [0.15, 0.2) is 0 Å². The molecule has 90 valence electrons. The molecule has 0 unspecified atom stereocenters. The van der Waals surface area contributed by atoms with Gasteiger partial charge >= 0.3 is 0 Å². The van der Waals surface area contributed by atoms with Crippen LogP contribution in [0.25, 0.3) is 0 Å². The van der Waals surface area contributed by atoms with E-state index in [0.717, 1.165) is 18.2 Å². The van der Waals surface area contributed by atoms with Gasteiger partial charge in [0.2, 0.25) is 20.0 Å². The molecule has 0 saturated carbocycles. The molecule has 1 aromatic rings. The molecule has 0 amide bonds. The van der Waals surface area contributed by atoms with Crippen molar-refractivity contribution in [3.63, 3.8) is 0 Å². The van der Waals surface area contributed by atoms with Crippen molar-refractivity contribution in [2.24, 2.45) is 5.14 Å². The fourth-order valence-electron chi connectivity index (χ4n) is 0.977. The third kappa shape index (κ3) is 2.71. The Bertz CT molecular complexity index is 609. The summed E-state index contributed by atoms with van der Waals surface area (Å²) in [6.45, 7) is 0. The summed E-state index contributed by atoms with van der Waals surface area (Å²) in [5.41, 5.74) is 0. The van der Waals surface area contributed by atoms with E-state index < -0.39 is 20.0 Å². The van der Waals surface area contributed by atoms with Crippen molar-refractivity contribution in [2.75, 3.05) is 7.05 Å². The molecule has 1 aromatic carbocycles. The highest BCUT2D eigenvalue weighted by atomic mass is 35.5. The van der Waals surface area contributed by atoms with E-state index in [4.69, 9.17) is 16.7 Å². The lowest BCUT2D eigenvalue weighted by atomic mass is 10.4. The minimum absolute atomic E-state index is 0.0817. The predicted molar refractivity (Wildman–Crippen MR) is 59.1 cm³/mol. The molecule has 0 aliphatic heterocycles. The van der Waals surface area contributed by atoms with E-state index in [9.17, 15) is 16.8 Å². The zero-order valence-corrected chi connectivity index (χ0v) is 10.5. The first-order chi connectivity index (χ1) is 7.18. The molecule has 0 heterocycles. The first-order valence-corrected chi connectivity index (χ1v) is 7.35. The zero-order chi connectivity index (χ0) is 12.6. The monoisotopic (exact) mass is 284 g/mol. The summed E-state index contributed by atoms with van der Waals surface area (Å²) in [6.07, 6.45) is 0. The fourth-order valence-corrected chi connectivity index (χ4v) is 2.84. The molecule has 1 rings (SSSR count). The molecule has 6 nitrogen and oxygen atoms in total. The zero-order valence-electron chi connectivity index (χ0n) is 8.14. The summed E-state index contributed by atoms with van der Waals surface area (Å²) < 4.78 is 47.0. The normalized spacial score (nSPS) is 12.7. The Kier molecular flexibility index (Phi) is 3.60. The molecular formula is C7H9ClN2O4S2. The van der Waals surface area contributed by atoms with Crippen molar-refractivity contribution in [3.8, 4) is 0 Å². The number of nitrogens with one attached hydrogen (secondary N) is 1. The number of halogens is 1. The summed E-state index contributed by atoms with van der Waals surface area (Å²) in [4.78, 5) is -0.645. The molecule has 0 aromatic heterocycles. The second-order valence-electron chi connectivity index (χ2n) is 2.84. The van der Waals surface area contributed by atoms with Gasteiger partial charge < -0.3 is 0 Å². The maximum absolute atomic E-state index is 11.5. The number of rotatable bonds is 3. The third-order valence-electron chi connectivity index (χ3n) is 1.79. The molecule has 0 spiro atoms. The Morgan fingerprint density at radius 1 is 1.25 bits per heavy atom. The Balaban J connectivity index is 3.54. The van der Waals surface area contributed by atoms with Gasteiger partial charge in [-0.15, -0.1) is 0 Å². The van der Waals surface area contributed by atoms with E-state index in [1.165, 1.54) is 7.05 Å². The minimum atomic E-state index is -3.96. The van der Waals surface area contributed by atoms with Gasteiger partial charge in [0, 0.05) is 0 Å². The van der Waals surface area contributed by atoms with Crippen molar-refractivity contribution in [1.82, 2.24) is 4.72 Å². The Morgan fingerprint density at radius 2 is 1.81 bits per heavy atom. The molecule has 0 aliphatic carbocycles. The lowest BCUT2D eigenvalue weighted by Crippen LogP contribution is -2.20. The molecule has 0 bridgehead atoms. The molecule has 9 heteroatoms. The standard InChI is InChI=1S/C7H9ClN2O4S2/c1-10-16(13,14)7-4-5(15(9,11)12)2-3-6(7)8/h2-4,10H,1H3,(H2,9,11,12). The number of sulfonamides is 2. The van der Waals surface area contributed by atoms with Crippen LogP contribution in [0, 0.1) is 0 Å². The topological polar surface area (TPSA) is 106 Å². The smallest absolute Gasteiger partial charge is 0.225 e. The summed E-state index contributed by atoms with van der Waals surface area (Å²) in [7, 11) is -6.59.